The predicted octanol–water partition coefficient (Wildman–Crippen LogP) is 1.73. The Morgan fingerprint density at radius 1 is 1.32 bits per heavy atom. The summed E-state index contributed by atoms with van der Waals surface area (Å²) >= 11 is 1.15. The largest absolute Gasteiger partial charge is 0.454 e. The second-order valence-corrected chi connectivity index (χ2v) is 5.70. The average molecular weight is 314 g/mol. The first-order chi connectivity index (χ1) is 10.7. The number of amidine groups is 1. The Labute approximate surface area is 129 Å². The number of hydrogen-bond donors (Lipinski definition) is 2. The number of carbonyl (C=O) groups is 1. The highest BCUT2D eigenvalue weighted by Gasteiger charge is 2.21. The molecule has 0 bridgehead atoms. The maximum absolute atomic E-state index is 11.7. The van der Waals surface area contributed by atoms with Crippen LogP contribution >= 0.6 is 11.8 Å². The smallest absolute Gasteiger partial charge is 0.286 e. The highest BCUT2D eigenvalue weighted by atomic mass is 32.2. The van der Waals surface area contributed by atoms with Gasteiger partial charge in [-0.1, -0.05) is 0 Å². The summed E-state index contributed by atoms with van der Waals surface area (Å²) in [5.41, 5.74) is 8.00. The summed E-state index contributed by atoms with van der Waals surface area (Å²) in [4.78, 5) is 15.8. The Balaban J connectivity index is 1.72. The molecule has 0 unspecified atom stereocenters. The Hall–Kier alpha value is -2.74. The van der Waals surface area contributed by atoms with Crippen molar-refractivity contribution in [1.82, 2.24) is 10.2 Å². The van der Waals surface area contributed by atoms with Crippen molar-refractivity contribution >= 4 is 28.9 Å². The van der Waals surface area contributed by atoms with Crippen molar-refractivity contribution in [1.29, 1.82) is 0 Å². The third-order valence-electron chi connectivity index (χ3n) is 3.25. The molecule has 7 nitrogen and oxygen atoms in total. The van der Waals surface area contributed by atoms with Gasteiger partial charge in [0.1, 0.15) is 0 Å². The van der Waals surface area contributed by atoms with Gasteiger partial charge in [-0.15, -0.1) is 0 Å². The molecule has 3 heterocycles. The fourth-order valence-electron chi connectivity index (χ4n) is 2.25. The predicted molar refractivity (Wildman–Crippen MR) is 82.3 cm³/mol. The summed E-state index contributed by atoms with van der Waals surface area (Å²) in [6.07, 6.45) is 3.37. The molecule has 1 aromatic carbocycles. The van der Waals surface area contributed by atoms with Gasteiger partial charge >= 0.3 is 0 Å². The normalized spacial score (nSPS) is 18.1. The first-order valence-corrected chi connectivity index (χ1v) is 7.24. The molecule has 22 heavy (non-hydrogen) atoms. The van der Waals surface area contributed by atoms with E-state index < -0.39 is 0 Å². The molecule has 110 valence electrons. The van der Waals surface area contributed by atoms with Crippen molar-refractivity contribution in [3.05, 3.63) is 34.9 Å². The number of thioether (sulfide) groups is 1. The van der Waals surface area contributed by atoms with Crippen LogP contribution in [0.1, 0.15) is 5.56 Å². The van der Waals surface area contributed by atoms with Crippen molar-refractivity contribution < 1.29 is 14.3 Å². The molecule has 0 aliphatic carbocycles. The zero-order chi connectivity index (χ0) is 15.1. The molecule has 8 heteroatoms. The van der Waals surface area contributed by atoms with E-state index in [1.807, 2.05) is 18.2 Å². The molecule has 0 atom stereocenters. The average Bonchev–Trinajstić information content (AvgIpc) is 3.19. The van der Waals surface area contributed by atoms with Crippen LogP contribution in [-0.4, -0.2) is 28.1 Å². The number of aromatic amines is 1. The third kappa shape index (κ3) is 2.13. The number of ether oxygens (including phenoxy) is 2. The minimum absolute atomic E-state index is 0.223. The van der Waals surface area contributed by atoms with Crippen LogP contribution in [0.2, 0.25) is 0 Å². The molecule has 0 radical (unpaired) electrons. The summed E-state index contributed by atoms with van der Waals surface area (Å²) < 4.78 is 10.7. The molecule has 4 rings (SSSR count). The van der Waals surface area contributed by atoms with Crippen LogP contribution < -0.4 is 15.2 Å². The van der Waals surface area contributed by atoms with Crippen molar-refractivity contribution in [2.45, 2.75) is 0 Å². The third-order valence-corrected chi connectivity index (χ3v) is 4.07. The van der Waals surface area contributed by atoms with E-state index in [1.165, 1.54) is 0 Å². The molecule has 1 aromatic heterocycles. The van der Waals surface area contributed by atoms with Gasteiger partial charge in [0, 0.05) is 11.1 Å². The quantitative estimate of drug-likeness (QED) is 0.818. The van der Waals surface area contributed by atoms with Crippen molar-refractivity contribution in [3.63, 3.8) is 0 Å². The van der Waals surface area contributed by atoms with Gasteiger partial charge in [0.2, 0.25) is 6.79 Å². The topological polar surface area (TPSA) is 103 Å². The number of carbonyl (C=O) groups excluding carboxylic acids is 1. The van der Waals surface area contributed by atoms with Crippen molar-refractivity contribution in [2.24, 2.45) is 10.7 Å². The second kappa shape index (κ2) is 4.92. The first kappa shape index (κ1) is 13.0. The van der Waals surface area contributed by atoms with E-state index in [0.717, 1.165) is 28.6 Å². The number of amides is 1. The van der Waals surface area contributed by atoms with Crippen LogP contribution in [0.15, 0.2) is 34.3 Å². The Kier molecular flexibility index (Phi) is 2.90. The van der Waals surface area contributed by atoms with Crippen LogP contribution in [0.4, 0.5) is 0 Å². The van der Waals surface area contributed by atoms with Gasteiger partial charge < -0.3 is 15.2 Å². The molecular weight excluding hydrogens is 304 g/mol. The van der Waals surface area contributed by atoms with Crippen molar-refractivity contribution in [2.75, 3.05) is 6.79 Å². The molecule has 3 N–H and O–H groups in total. The number of fused-ring (bicyclic) bond motifs is 1. The van der Waals surface area contributed by atoms with E-state index in [0.29, 0.717) is 16.4 Å². The SMILES string of the molecule is NC1=NC(=O)/C(=C/c2cn[nH]c2-c2ccc3c(c2)OCO3)S1. The van der Waals surface area contributed by atoms with E-state index in [1.54, 1.807) is 12.3 Å². The van der Waals surface area contributed by atoms with Gasteiger partial charge in [0.05, 0.1) is 16.8 Å². The fourth-order valence-corrected chi connectivity index (χ4v) is 2.93. The zero-order valence-corrected chi connectivity index (χ0v) is 12.0. The minimum atomic E-state index is -0.333. The van der Waals surface area contributed by atoms with E-state index in [-0.39, 0.29) is 17.9 Å². The molecule has 0 fully saturated rings. The maximum Gasteiger partial charge on any atom is 0.286 e. The number of nitrogens with two attached hydrogens (primary N) is 1. The summed E-state index contributed by atoms with van der Waals surface area (Å²) in [7, 11) is 0. The number of rotatable bonds is 2. The Morgan fingerprint density at radius 2 is 2.18 bits per heavy atom. The summed E-state index contributed by atoms with van der Waals surface area (Å²) in [6.45, 7) is 0.223. The van der Waals surface area contributed by atoms with Gasteiger partial charge in [0.25, 0.3) is 5.91 Å². The monoisotopic (exact) mass is 314 g/mol. The van der Waals surface area contributed by atoms with Crippen molar-refractivity contribution in [3.8, 4) is 22.8 Å². The Bertz CT molecular complexity index is 840. The number of aromatic nitrogens is 2. The molecular formula is C14H10N4O3S. The number of nitrogens with zero attached hydrogens (tertiary/aromatic N) is 2. The number of benzene rings is 1. The summed E-state index contributed by atoms with van der Waals surface area (Å²) in [5, 5.41) is 7.23. The van der Waals surface area contributed by atoms with E-state index in [4.69, 9.17) is 15.2 Å². The molecule has 0 spiro atoms. The molecule has 2 aromatic rings. The number of nitrogens with one attached hydrogen (secondary N) is 1. The van der Waals surface area contributed by atoms with E-state index >= 15 is 0 Å². The molecule has 0 saturated carbocycles. The second-order valence-electron chi connectivity index (χ2n) is 4.63. The number of aliphatic imine (C=N–C) groups is 1. The highest BCUT2D eigenvalue weighted by Crippen LogP contribution is 2.37. The van der Waals surface area contributed by atoms with Crippen LogP contribution in [0.3, 0.4) is 0 Å². The number of H-pyrrole nitrogens is 1. The fraction of sp³-hybridized carbons (Fsp3) is 0.0714. The highest BCUT2D eigenvalue weighted by molar-refractivity contribution is 8.18. The Morgan fingerprint density at radius 3 is 3.00 bits per heavy atom. The molecule has 1 amide bonds. The standard InChI is InChI=1S/C14H10N4O3S/c15-14-17-13(19)11(22-14)4-8-5-16-18-12(8)7-1-2-9-10(3-7)21-6-20-9/h1-5H,6H2,(H,16,18)(H2,15,17,19)/b11-4-. The lowest BCUT2D eigenvalue weighted by molar-refractivity contribution is -0.113. The lowest BCUT2D eigenvalue weighted by atomic mass is 10.1. The van der Waals surface area contributed by atoms with Crippen LogP contribution in [0, 0.1) is 0 Å². The minimum Gasteiger partial charge on any atom is -0.454 e. The van der Waals surface area contributed by atoms with Gasteiger partial charge in [-0.05, 0) is 36.0 Å². The van der Waals surface area contributed by atoms with Gasteiger partial charge in [-0.3, -0.25) is 9.89 Å². The maximum atomic E-state index is 11.7. The summed E-state index contributed by atoms with van der Waals surface area (Å²) in [6, 6.07) is 5.61. The van der Waals surface area contributed by atoms with E-state index in [9.17, 15) is 4.79 Å². The molecule has 2 aliphatic heterocycles. The lowest BCUT2D eigenvalue weighted by Gasteiger charge is -2.02. The molecule has 2 aliphatic rings. The number of hydrogen-bond acceptors (Lipinski definition) is 6. The lowest BCUT2D eigenvalue weighted by Crippen LogP contribution is -2.01. The van der Waals surface area contributed by atoms with Gasteiger partial charge in [-0.25, -0.2) is 0 Å². The first-order valence-electron chi connectivity index (χ1n) is 6.42. The van der Waals surface area contributed by atoms with Gasteiger partial charge in [-0.2, -0.15) is 10.1 Å². The van der Waals surface area contributed by atoms with Gasteiger partial charge in [0.15, 0.2) is 16.7 Å². The summed E-state index contributed by atoms with van der Waals surface area (Å²) in [5.74, 6) is 1.07. The van der Waals surface area contributed by atoms with E-state index in [2.05, 4.69) is 15.2 Å². The molecule has 0 saturated heterocycles. The van der Waals surface area contributed by atoms with Crippen LogP contribution in [-0.2, 0) is 4.79 Å². The zero-order valence-electron chi connectivity index (χ0n) is 11.2. The van der Waals surface area contributed by atoms with Crippen LogP contribution in [0.5, 0.6) is 11.5 Å². The van der Waals surface area contributed by atoms with Crippen LogP contribution in [0.25, 0.3) is 17.3 Å².